The summed E-state index contributed by atoms with van der Waals surface area (Å²) in [5.74, 6) is 0.210. The van der Waals surface area contributed by atoms with Crippen molar-refractivity contribution in [1.82, 2.24) is 9.38 Å². The maximum Gasteiger partial charge on any atom is 0.258 e. The molecule has 1 aromatic carbocycles. The summed E-state index contributed by atoms with van der Waals surface area (Å²) in [5, 5.41) is 3.26. The summed E-state index contributed by atoms with van der Waals surface area (Å²) in [4.78, 5) is 28.6. The van der Waals surface area contributed by atoms with Gasteiger partial charge in [0.05, 0.1) is 12.2 Å². The highest BCUT2D eigenvalue weighted by molar-refractivity contribution is 5.99. The molecule has 120 valence electrons. The van der Waals surface area contributed by atoms with E-state index >= 15 is 0 Å². The van der Waals surface area contributed by atoms with Crippen LogP contribution in [0.3, 0.4) is 0 Å². The van der Waals surface area contributed by atoms with E-state index in [2.05, 4.69) is 10.3 Å². The number of fused-ring (bicyclic) bond motifs is 2. The van der Waals surface area contributed by atoms with Gasteiger partial charge in [0, 0.05) is 29.9 Å². The third kappa shape index (κ3) is 2.69. The molecular formula is C19H17N3O2. The van der Waals surface area contributed by atoms with Gasteiger partial charge < -0.3 is 5.32 Å². The lowest BCUT2D eigenvalue weighted by atomic mass is 9.90. The fourth-order valence-electron chi connectivity index (χ4n) is 3.12. The zero-order valence-electron chi connectivity index (χ0n) is 13.2. The van der Waals surface area contributed by atoms with Crippen molar-refractivity contribution >= 4 is 17.1 Å². The summed E-state index contributed by atoms with van der Waals surface area (Å²) < 4.78 is 1.51. The monoisotopic (exact) mass is 319 g/mol. The Hall–Kier alpha value is -2.95. The number of benzene rings is 1. The average molecular weight is 319 g/mol. The number of rotatable bonds is 3. The third-order valence-electron chi connectivity index (χ3n) is 4.36. The van der Waals surface area contributed by atoms with Crippen molar-refractivity contribution in [3.63, 3.8) is 0 Å². The molecule has 0 saturated heterocycles. The number of hydrogen-bond donors (Lipinski definition) is 1. The molecule has 4 rings (SSSR count). The zero-order chi connectivity index (χ0) is 16.5. The Balaban J connectivity index is 1.58. The topological polar surface area (TPSA) is 63.5 Å². The molecule has 0 unspecified atom stereocenters. The van der Waals surface area contributed by atoms with E-state index in [4.69, 9.17) is 0 Å². The molecular weight excluding hydrogens is 302 g/mol. The molecule has 0 amide bonds. The highest BCUT2D eigenvalue weighted by Gasteiger charge is 2.17. The maximum absolute atomic E-state index is 12.1. The van der Waals surface area contributed by atoms with Crippen molar-refractivity contribution in [2.24, 2.45) is 0 Å². The van der Waals surface area contributed by atoms with E-state index in [1.807, 2.05) is 30.3 Å². The molecule has 1 aliphatic carbocycles. The second-order valence-corrected chi connectivity index (χ2v) is 6.02. The van der Waals surface area contributed by atoms with E-state index in [0.717, 1.165) is 29.7 Å². The quantitative estimate of drug-likeness (QED) is 0.806. The molecule has 1 aliphatic rings. The fourth-order valence-corrected chi connectivity index (χ4v) is 3.12. The number of ketones is 1. The second-order valence-electron chi connectivity index (χ2n) is 6.02. The lowest BCUT2D eigenvalue weighted by molar-refractivity contribution is 0.0972. The zero-order valence-corrected chi connectivity index (χ0v) is 13.2. The molecule has 1 N–H and O–H groups in total. The van der Waals surface area contributed by atoms with Gasteiger partial charge in [0.1, 0.15) is 5.65 Å². The minimum atomic E-state index is -0.0991. The Morgan fingerprint density at radius 3 is 2.92 bits per heavy atom. The maximum atomic E-state index is 12.1. The van der Waals surface area contributed by atoms with Gasteiger partial charge >= 0.3 is 0 Å². The first-order valence-electron chi connectivity index (χ1n) is 8.08. The first-order valence-corrected chi connectivity index (χ1v) is 8.08. The van der Waals surface area contributed by atoms with E-state index in [1.165, 1.54) is 10.5 Å². The predicted molar refractivity (Wildman–Crippen MR) is 92.5 cm³/mol. The summed E-state index contributed by atoms with van der Waals surface area (Å²) >= 11 is 0. The molecule has 0 atom stereocenters. The number of nitrogens with zero attached hydrogens (tertiary/aromatic N) is 2. The van der Waals surface area contributed by atoms with Gasteiger partial charge in [0.2, 0.25) is 0 Å². The van der Waals surface area contributed by atoms with E-state index in [9.17, 15) is 9.59 Å². The Labute approximate surface area is 139 Å². The lowest BCUT2D eigenvalue weighted by Gasteiger charge is -2.16. The van der Waals surface area contributed by atoms with Crippen molar-refractivity contribution in [2.75, 3.05) is 5.32 Å². The normalized spacial score (nSPS) is 13.8. The van der Waals surface area contributed by atoms with Crippen molar-refractivity contribution in [1.29, 1.82) is 0 Å². The number of carbonyl (C=O) groups is 1. The molecule has 0 saturated carbocycles. The van der Waals surface area contributed by atoms with Crippen molar-refractivity contribution in [2.45, 2.75) is 25.8 Å². The Bertz CT molecular complexity index is 991. The van der Waals surface area contributed by atoms with Crippen LogP contribution in [0.5, 0.6) is 0 Å². The first-order chi connectivity index (χ1) is 11.7. The van der Waals surface area contributed by atoms with Crippen molar-refractivity contribution < 1.29 is 4.79 Å². The van der Waals surface area contributed by atoms with Crippen LogP contribution in [0.1, 0.15) is 34.5 Å². The van der Waals surface area contributed by atoms with Crippen molar-refractivity contribution in [3.8, 4) is 0 Å². The number of carbonyl (C=O) groups excluding carboxylic acids is 1. The standard InChI is InChI=1S/C19H17N3O2/c23-17-5-3-4-13-7-8-14(10-16(13)17)20-12-15-11-19(24)22-9-2-1-6-18(22)21-15/h1-2,6-11,20H,3-5,12H2. The van der Waals surface area contributed by atoms with Crippen LogP contribution in [0.25, 0.3) is 5.65 Å². The molecule has 0 bridgehead atoms. The van der Waals surface area contributed by atoms with Crippen LogP contribution in [-0.4, -0.2) is 15.2 Å². The van der Waals surface area contributed by atoms with Gasteiger partial charge in [-0.1, -0.05) is 12.1 Å². The van der Waals surface area contributed by atoms with E-state index in [1.54, 1.807) is 12.3 Å². The molecule has 3 aromatic rings. The minimum Gasteiger partial charge on any atom is -0.379 e. The minimum absolute atomic E-state index is 0.0991. The molecule has 5 nitrogen and oxygen atoms in total. The molecule has 0 radical (unpaired) electrons. The SMILES string of the molecule is O=C1CCCc2ccc(NCc3cc(=O)n4ccccc4n3)cc21. The molecule has 5 heteroatoms. The number of aromatic nitrogens is 2. The van der Waals surface area contributed by atoms with Crippen molar-refractivity contribution in [3.05, 3.63) is 75.8 Å². The second kappa shape index (κ2) is 5.92. The summed E-state index contributed by atoms with van der Waals surface area (Å²) in [5.41, 5.74) is 4.02. The molecule has 2 aromatic heterocycles. The third-order valence-corrected chi connectivity index (χ3v) is 4.36. The summed E-state index contributed by atoms with van der Waals surface area (Å²) in [7, 11) is 0. The molecule has 0 fully saturated rings. The number of nitrogens with one attached hydrogen (secondary N) is 1. The van der Waals surface area contributed by atoms with Crippen LogP contribution >= 0.6 is 0 Å². The Morgan fingerprint density at radius 1 is 1.08 bits per heavy atom. The van der Waals surface area contributed by atoms with E-state index in [0.29, 0.717) is 24.3 Å². The largest absolute Gasteiger partial charge is 0.379 e. The van der Waals surface area contributed by atoms with Gasteiger partial charge in [-0.25, -0.2) is 4.98 Å². The Morgan fingerprint density at radius 2 is 2.00 bits per heavy atom. The van der Waals surface area contributed by atoms with Gasteiger partial charge in [-0.15, -0.1) is 0 Å². The predicted octanol–water partition coefficient (Wildman–Crippen LogP) is 2.83. The summed E-state index contributed by atoms with van der Waals surface area (Å²) in [6.45, 7) is 0.438. The molecule has 0 spiro atoms. The number of Topliss-reactive ketones (excluding diaryl/α,β-unsaturated/α-hetero) is 1. The van der Waals surface area contributed by atoms with Crippen LogP contribution in [0, 0.1) is 0 Å². The number of pyridine rings is 1. The summed E-state index contributed by atoms with van der Waals surface area (Å²) in [6, 6.07) is 12.9. The van der Waals surface area contributed by atoms with Crippen LogP contribution in [0.2, 0.25) is 0 Å². The Kier molecular flexibility index (Phi) is 3.61. The molecule has 2 heterocycles. The number of aryl methyl sites for hydroxylation is 1. The van der Waals surface area contributed by atoms with Gasteiger partial charge in [0.25, 0.3) is 5.56 Å². The van der Waals surface area contributed by atoms with Crippen LogP contribution in [-0.2, 0) is 13.0 Å². The molecule has 0 aliphatic heterocycles. The number of hydrogen-bond acceptors (Lipinski definition) is 4. The highest BCUT2D eigenvalue weighted by Crippen LogP contribution is 2.24. The van der Waals surface area contributed by atoms with Gasteiger partial charge in [-0.2, -0.15) is 0 Å². The smallest absolute Gasteiger partial charge is 0.258 e. The van der Waals surface area contributed by atoms with E-state index < -0.39 is 0 Å². The molecule has 24 heavy (non-hydrogen) atoms. The van der Waals surface area contributed by atoms with Crippen LogP contribution in [0.15, 0.2) is 53.5 Å². The summed E-state index contributed by atoms with van der Waals surface area (Å²) in [6.07, 6.45) is 4.23. The van der Waals surface area contributed by atoms with Gasteiger partial charge in [-0.05, 0) is 42.7 Å². The van der Waals surface area contributed by atoms with Gasteiger partial charge in [0.15, 0.2) is 5.78 Å². The van der Waals surface area contributed by atoms with Crippen LogP contribution < -0.4 is 10.9 Å². The fraction of sp³-hybridized carbons (Fsp3) is 0.211. The van der Waals surface area contributed by atoms with Crippen LogP contribution in [0.4, 0.5) is 5.69 Å². The first kappa shape index (κ1) is 14.6. The highest BCUT2D eigenvalue weighted by atomic mass is 16.1. The lowest BCUT2D eigenvalue weighted by Crippen LogP contribution is -2.16. The average Bonchev–Trinajstić information content (AvgIpc) is 2.60. The number of anilines is 1. The van der Waals surface area contributed by atoms with E-state index in [-0.39, 0.29) is 11.3 Å². The van der Waals surface area contributed by atoms with Gasteiger partial charge in [-0.3, -0.25) is 14.0 Å².